The number of hydrogen-bond donors (Lipinski definition) is 0. The lowest BCUT2D eigenvalue weighted by molar-refractivity contribution is 0.376. The lowest BCUT2D eigenvalue weighted by atomic mass is 9.79. The fraction of sp³-hybridized carbons (Fsp3) is 0.458. The Labute approximate surface area is 172 Å². The summed E-state index contributed by atoms with van der Waals surface area (Å²) in [6.45, 7) is 14.8. The van der Waals surface area contributed by atoms with Crippen molar-refractivity contribution in [1.29, 1.82) is 0 Å². The van der Waals surface area contributed by atoms with Gasteiger partial charge in [0.15, 0.2) is 0 Å². The molecule has 3 rings (SSSR count). The van der Waals surface area contributed by atoms with Gasteiger partial charge in [0.2, 0.25) is 0 Å². The molecular formula is C24H31BrN2. The number of aliphatic imine (C=N–C) groups is 1. The molecule has 0 aliphatic carbocycles. The lowest BCUT2D eigenvalue weighted by Crippen LogP contribution is -2.48. The molecule has 0 N–H and O–H groups in total. The van der Waals surface area contributed by atoms with Crippen molar-refractivity contribution in [2.24, 2.45) is 4.99 Å². The predicted octanol–water partition coefficient (Wildman–Crippen LogP) is 7.32. The molecular weight excluding hydrogens is 396 g/mol. The van der Waals surface area contributed by atoms with E-state index in [-0.39, 0.29) is 5.54 Å². The number of rotatable bonds is 4. The van der Waals surface area contributed by atoms with E-state index >= 15 is 0 Å². The van der Waals surface area contributed by atoms with E-state index in [1.54, 1.807) is 0 Å². The molecule has 0 bridgehead atoms. The first kappa shape index (κ1) is 20.1. The molecule has 1 aliphatic rings. The van der Waals surface area contributed by atoms with E-state index < -0.39 is 0 Å². The Hall–Kier alpha value is -1.61. The molecule has 0 aromatic heterocycles. The normalized spacial score (nSPS) is 18.8. The molecule has 0 spiro atoms. The molecule has 1 unspecified atom stereocenters. The van der Waals surface area contributed by atoms with Gasteiger partial charge in [0, 0.05) is 28.5 Å². The van der Waals surface area contributed by atoms with E-state index in [4.69, 9.17) is 4.99 Å². The zero-order chi connectivity index (χ0) is 19.8. The van der Waals surface area contributed by atoms with Crippen molar-refractivity contribution in [1.82, 2.24) is 0 Å². The van der Waals surface area contributed by atoms with Gasteiger partial charge in [0.05, 0.1) is 5.69 Å². The minimum atomic E-state index is 0.207. The minimum absolute atomic E-state index is 0.207. The third-order valence-corrected chi connectivity index (χ3v) is 6.22. The van der Waals surface area contributed by atoms with Crippen molar-refractivity contribution in [2.45, 2.75) is 65.8 Å². The summed E-state index contributed by atoms with van der Waals surface area (Å²) in [7, 11) is 0. The van der Waals surface area contributed by atoms with Crippen LogP contribution in [0.5, 0.6) is 0 Å². The van der Waals surface area contributed by atoms with Crippen LogP contribution in [0.1, 0.15) is 68.7 Å². The SMILES string of the molecule is CCCN1c2cc(C)c(C=Nc3ccc(Br)cc3C)cc2C(C)CC1(C)C. The molecule has 2 aromatic rings. The summed E-state index contributed by atoms with van der Waals surface area (Å²) in [6.07, 6.45) is 4.39. The lowest BCUT2D eigenvalue weighted by Gasteiger charge is -2.48. The van der Waals surface area contributed by atoms with Crippen molar-refractivity contribution in [3.63, 3.8) is 0 Å². The van der Waals surface area contributed by atoms with Crippen LogP contribution in [-0.4, -0.2) is 18.3 Å². The van der Waals surface area contributed by atoms with Gasteiger partial charge >= 0.3 is 0 Å². The third-order valence-electron chi connectivity index (χ3n) is 5.72. The van der Waals surface area contributed by atoms with Gasteiger partial charge in [-0.15, -0.1) is 0 Å². The van der Waals surface area contributed by atoms with Crippen LogP contribution in [0.3, 0.4) is 0 Å². The molecule has 0 radical (unpaired) electrons. The van der Waals surface area contributed by atoms with Crippen LogP contribution < -0.4 is 4.90 Å². The molecule has 27 heavy (non-hydrogen) atoms. The summed E-state index contributed by atoms with van der Waals surface area (Å²) in [5.74, 6) is 0.560. The van der Waals surface area contributed by atoms with Crippen molar-refractivity contribution in [3.8, 4) is 0 Å². The fourth-order valence-electron chi connectivity index (χ4n) is 4.34. The van der Waals surface area contributed by atoms with Gasteiger partial charge in [0.1, 0.15) is 0 Å². The Kier molecular flexibility index (Phi) is 5.81. The van der Waals surface area contributed by atoms with Gasteiger partial charge in [-0.3, -0.25) is 4.99 Å². The second-order valence-corrected chi connectivity index (χ2v) is 9.44. The first-order chi connectivity index (χ1) is 12.7. The van der Waals surface area contributed by atoms with Crippen LogP contribution in [0.25, 0.3) is 0 Å². The first-order valence-electron chi connectivity index (χ1n) is 9.95. The summed E-state index contributed by atoms with van der Waals surface area (Å²) >= 11 is 3.52. The maximum atomic E-state index is 4.78. The molecule has 1 heterocycles. The number of benzene rings is 2. The van der Waals surface area contributed by atoms with Crippen LogP contribution in [0, 0.1) is 13.8 Å². The van der Waals surface area contributed by atoms with E-state index in [9.17, 15) is 0 Å². The van der Waals surface area contributed by atoms with Gasteiger partial charge < -0.3 is 4.90 Å². The molecule has 0 amide bonds. The highest BCUT2D eigenvalue weighted by Gasteiger charge is 2.36. The number of anilines is 1. The summed E-state index contributed by atoms with van der Waals surface area (Å²) in [5, 5.41) is 0. The molecule has 2 aromatic carbocycles. The second-order valence-electron chi connectivity index (χ2n) is 8.53. The van der Waals surface area contributed by atoms with Crippen molar-refractivity contribution in [2.75, 3.05) is 11.4 Å². The van der Waals surface area contributed by atoms with Crippen molar-refractivity contribution in [3.05, 3.63) is 57.1 Å². The highest BCUT2D eigenvalue weighted by atomic mass is 79.9. The number of aryl methyl sites for hydroxylation is 2. The summed E-state index contributed by atoms with van der Waals surface area (Å²) in [4.78, 5) is 7.38. The van der Waals surface area contributed by atoms with E-state index in [2.05, 4.69) is 86.6 Å². The monoisotopic (exact) mass is 426 g/mol. The maximum absolute atomic E-state index is 4.78. The predicted molar refractivity (Wildman–Crippen MR) is 122 cm³/mol. The summed E-state index contributed by atoms with van der Waals surface area (Å²) in [6, 6.07) is 11.0. The number of halogens is 1. The van der Waals surface area contributed by atoms with Gasteiger partial charge in [-0.05, 0) is 99.0 Å². The number of hydrogen-bond acceptors (Lipinski definition) is 2. The topological polar surface area (TPSA) is 15.6 Å². The van der Waals surface area contributed by atoms with Crippen molar-refractivity contribution < 1.29 is 0 Å². The zero-order valence-electron chi connectivity index (χ0n) is 17.4. The van der Waals surface area contributed by atoms with Gasteiger partial charge in [-0.2, -0.15) is 0 Å². The van der Waals surface area contributed by atoms with Crippen LogP contribution in [0.4, 0.5) is 11.4 Å². The van der Waals surface area contributed by atoms with Crippen LogP contribution in [-0.2, 0) is 0 Å². The zero-order valence-corrected chi connectivity index (χ0v) is 19.0. The molecule has 1 atom stereocenters. The average Bonchev–Trinajstić information content (AvgIpc) is 2.58. The molecule has 1 aliphatic heterocycles. The maximum Gasteiger partial charge on any atom is 0.0659 e. The van der Waals surface area contributed by atoms with E-state index in [0.29, 0.717) is 5.92 Å². The third kappa shape index (κ3) is 4.13. The summed E-state index contributed by atoms with van der Waals surface area (Å²) in [5.41, 5.74) is 7.80. The number of fused-ring (bicyclic) bond motifs is 1. The highest BCUT2D eigenvalue weighted by Crippen LogP contribution is 2.44. The first-order valence-corrected chi connectivity index (χ1v) is 10.7. The second kappa shape index (κ2) is 7.79. The molecule has 2 nitrogen and oxygen atoms in total. The van der Waals surface area contributed by atoms with Crippen LogP contribution >= 0.6 is 15.9 Å². The molecule has 3 heteroatoms. The van der Waals surface area contributed by atoms with Crippen LogP contribution in [0.15, 0.2) is 39.8 Å². The van der Waals surface area contributed by atoms with Gasteiger partial charge in [-0.1, -0.05) is 29.8 Å². The van der Waals surface area contributed by atoms with E-state index in [0.717, 1.165) is 16.7 Å². The average molecular weight is 427 g/mol. The Morgan fingerprint density at radius 1 is 1.19 bits per heavy atom. The molecule has 144 valence electrons. The van der Waals surface area contributed by atoms with Crippen molar-refractivity contribution >= 4 is 33.5 Å². The highest BCUT2D eigenvalue weighted by molar-refractivity contribution is 9.10. The summed E-state index contributed by atoms with van der Waals surface area (Å²) < 4.78 is 1.09. The van der Waals surface area contributed by atoms with E-state index in [1.807, 2.05) is 12.3 Å². The standard InChI is InChI=1S/C24H31BrN2/c1-7-10-27-23-12-16(2)19(13-21(23)18(4)14-24(27,5)6)15-26-22-9-8-20(25)11-17(22)3/h8-9,11-13,15,18H,7,10,14H2,1-6H3. The Balaban J connectivity index is 2.00. The Morgan fingerprint density at radius 3 is 2.59 bits per heavy atom. The molecule has 0 saturated carbocycles. The van der Waals surface area contributed by atoms with E-state index in [1.165, 1.54) is 40.8 Å². The van der Waals surface area contributed by atoms with Crippen LogP contribution in [0.2, 0.25) is 0 Å². The van der Waals surface area contributed by atoms with Gasteiger partial charge in [-0.25, -0.2) is 0 Å². The minimum Gasteiger partial charge on any atom is -0.366 e. The Bertz CT molecular complexity index is 867. The molecule has 0 saturated heterocycles. The number of nitrogens with zero attached hydrogens (tertiary/aromatic N) is 2. The smallest absolute Gasteiger partial charge is 0.0659 e. The quantitative estimate of drug-likeness (QED) is 0.467. The Morgan fingerprint density at radius 2 is 1.93 bits per heavy atom. The fourth-order valence-corrected chi connectivity index (χ4v) is 4.82. The van der Waals surface area contributed by atoms with Gasteiger partial charge in [0.25, 0.3) is 0 Å². The molecule has 0 fully saturated rings. The largest absolute Gasteiger partial charge is 0.366 e.